The molecule has 1 aliphatic heterocycles. The van der Waals surface area contributed by atoms with Crippen LogP contribution < -0.4 is 16.2 Å². The van der Waals surface area contributed by atoms with Gasteiger partial charge in [-0.1, -0.05) is 0 Å². The van der Waals surface area contributed by atoms with Crippen LogP contribution in [0.1, 0.15) is 12.5 Å². The molecule has 0 fully saturated rings. The fraction of sp³-hybridized carbons (Fsp3) is 0.273. The van der Waals surface area contributed by atoms with Gasteiger partial charge >= 0.3 is 6.18 Å². The number of nitrogens with zero attached hydrogens (tertiary/aromatic N) is 1. The average molecular weight is 243 g/mol. The van der Waals surface area contributed by atoms with Gasteiger partial charge in [0.2, 0.25) is 0 Å². The van der Waals surface area contributed by atoms with Gasteiger partial charge in [0.05, 0.1) is 11.3 Å². The van der Waals surface area contributed by atoms with Gasteiger partial charge in [-0.25, -0.2) is 5.43 Å². The molecule has 2 rings (SSSR count). The number of alkyl halides is 3. The molecule has 0 saturated carbocycles. The standard InChI is InChI=1S/C11H12F3N3/c1-10(15)6-7-17(16-10)9-4-2-8(3-5-9)11(12,13)14/h2-7,16H,15H2,1H3. The first-order chi connectivity index (χ1) is 7.78. The molecule has 0 amide bonds. The van der Waals surface area contributed by atoms with E-state index in [0.29, 0.717) is 5.69 Å². The molecular weight excluding hydrogens is 231 g/mol. The topological polar surface area (TPSA) is 41.3 Å². The largest absolute Gasteiger partial charge is 0.416 e. The van der Waals surface area contributed by atoms with Crippen LogP contribution in [-0.4, -0.2) is 5.66 Å². The molecule has 0 saturated heterocycles. The summed E-state index contributed by atoms with van der Waals surface area (Å²) in [4.78, 5) is 0. The Kier molecular flexibility index (Phi) is 2.63. The lowest BCUT2D eigenvalue weighted by molar-refractivity contribution is -0.137. The molecule has 1 atom stereocenters. The highest BCUT2D eigenvalue weighted by molar-refractivity contribution is 5.51. The predicted molar refractivity (Wildman–Crippen MR) is 58.8 cm³/mol. The summed E-state index contributed by atoms with van der Waals surface area (Å²) in [6.45, 7) is 1.76. The van der Waals surface area contributed by atoms with E-state index in [1.807, 2.05) is 0 Å². The molecule has 3 N–H and O–H groups in total. The number of benzene rings is 1. The zero-order valence-electron chi connectivity index (χ0n) is 9.12. The van der Waals surface area contributed by atoms with E-state index in [2.05, 4.69) is 5.43 Å². The van der Waals surface area contributed by atoms with Crippen molar-refractivity contribution in [3.63, 3.8) is 0 Å². The Bertz CT molecular complexity index is 434. The summed E-state index contributed by atoms with van der Waals surface area (Å²) < 4.78 is 37.1. The van der Waals surface area contributed by atoms with E-state index in [-0.39, 0.29) is 0 Å². The third-order valence-electron chi connectivity index (χ3n) is 2.40. The lowest BCUT2D eigenvalue weighted by Gasteiger charge is -2.24. The molecule has 6 heteroatoms. The van der Waals surface area contributed by atoms with E-state index in [1.54, 1.807) is 24.2 Å². The number of hydrogen-bond donors (Lipinski definition) is 2. The molecular formula is C11H12F3N3. The number of hydrazine groups is 1. The van der Waals surface area contributed by atoms with Crippen molar-refractivity contribution in [3.8, 4) is 0 Å². The van der Waals surface area contributed by atoms with Crippen molar-refractivity contribution >= 4 is 5.69 Å². The zero-order valence-corrected chi connectivity index (χ0v) is 9.12. The molecule has 92 valence electrons. The van der Waals surface area contributed by atoms with E-state index < -0.39 is 17.4 Å². The highest BCUT2D eigenvalue weighted by atomic mass is 19.4. The molecule has 1 heterocycles. The third kappa shape index (κ3) is 2.59. The van der Waals surface area contributed by atoms with Crippen LogP contribution in [0, 0.1) is 0 Å². The van der Waals surface area contributed by atoms with E-state index in [9.17, 15) is 13.2 Å². The van der Waals surface area contributed by atoms with E-state index in [1.165, 1.54) is 12.1 Å². The molecule has 1 aromatic rings. The molecule has 0 bridgehead atoms. The molecule has 1 unspecified atom stereocenters. The lowest BCUT2D eigenvalue weighted by atomic mass is 10.2. The predicted octanol–water partition coefficient (Wildman–Crippen LogP) is 2.22. The minimum Gasteiger partial charge on any atom is -0.309 e. The Balaban J connectivity index is 2.18. The van der Waals surface area contributed by atoms with Gasteiger partial charge in [-0.2, -0.15) is 13.2 Å². The second-order valence-electron chi connectivity index (χ2n) is 4.12. The number of nitrogens with one attached hydrogen (secondary N) is 1. The van der Waals surface area contributed by atoms with Crippen LogP contribution >= 0.6 is 0 Å². The first-order valence-electron chi connectivity index (χ1n) is 5.00. The molecule has 0 spiro atoms. The summed E-state index contributed by atoms with van der Waals surface area (Å²) >= 11 is 0. The van der Waals surface area contributed by atoms with Crippen LogP contribution in [0.3, 0.4) is 0 Å². The van der Waals surface area contributed by atoms with Crippen LogP contribution in [0.4, 0.5) is 18.9 Å². The van der Waals surface area contributed by atoms with Crippen molar-refractivity contribution in [2.24, 2.45) is 5.73 Å². The first-order valence-corrected chi connectivity index (χ1v) is 5.00. The molecule has 0 aromatic heterocycles. The van der Waals surface area contributed by atoms with E-state index in [4.69, 9.17) is 5.73 Å². The molecule has 0 radical (unpaired) electrons. The Morgan fingerprint density at radius 3 is 2.24 bits per heavy atom. The van der Waals surface area contributed by atoms with Gasteiger partial charge in [0.1, 0.15) is 5.66 Å². The van der Waals surface area contributed by atoms with Crippen molar-refractivity contribution < 1.29 is 13.2 Å². The van der Waals surface area contributed by atoms with Gasteiger partial charge in [0, 0.05) is 6.20 Å². The van der Waals surface area contributed by atoms with Crippen LogP contribution in [0.15, 0.2) is 36.5 Å². The summed E-state index contributed by atoms with van der Waals surface area (Å²) in [7, 11) is 0. The van der Waals surface area contributed by atoms with Gasteiger partial charge in [-0.3, -0.25) is 5.01 Å². The number of nitrogens with two attached hydrogens (primary N) is 1. The summed E-state index contributed by atoms with van der Waals surface area (Å²) in [6, 6.07) is 4.86. The quantitative estimate of drug-likeness (QED) is 0.794. The second kappa shape index (κ2) is 3.75. The molecule has 17 heavy (non-hydrogen) atoms. The van der Waals surface area contributed by atoms with Gasteiger partial charge in [0.15, 0.2) is 0 Å². The number of halogens is 3. The van der Waals surface area contributed by atoms with Crippen LogP contribution in [0.2, 0.25) is 0 Å². The monoisotopic (exact) mass is 243 g/mol. The number of hydrogen-bond acceptors (Lipinski definition) is 3. The van der Waals surface area contributed by atoms with Crippen LogP contribution in [0.5, 0.6) is 0 Å². The zero-order chi connectivity index (χ0) is 12.7. The van der Waals surface area contributed by atoms with Gasteiger partial charge in [0.25, 0.3) is 0 Å². The molecule has 1 aromatic carbocycles. The lowest BCUT2D eigenvalue weighted by Crippen LogP contribution is -2.51. The minimum absolute atomic E-state index is 0.600. The summed E-state index contributed by atoms with van der Waals surface area (Å²) in [5.74, 6) is 0. The smallest absolute Gasteiger partial charge is 0.309 e. The second-order valence-corrected chi connectivity index (χ2v) is 4.12. The van der Waals surface area contributed by atoms with Crippen molar-refractivity contribution in [1.29, 1.82) is 0 Å². The van der Waals surface area contributed by atoms with Crippen molar-refractivity contribution in [1.82, 2.24) is 5.43 Å². The number of anilines is 1. The normalized spacial score (nSPS) is 24.4. The Hall–Kier alpha value is -1.53. The highest BCUT2D eigenvalue weighted by Crippen LogP contribution is 2.30. The van der Waals surface area contributed by atoms with Crippen LogP contribution in [-0.2, 0) is 6.18 Å². The summed E-state index contributed by atoms with van der Waals surface area (Å²) in [5, 5.41) is 1.58. The third-order valence-corrected chi connectivity index (χ3v) is 2.40. The van der Waals surface area contributed by atoms with Crippen molar-refractivity contribution in [2.75, 3.05) is 5.01 Å². The molecule has 3 nitrogen and oxygen atoms in total. The maximum atomic E-state index is 12.4. The first kappa shape index (κ1) is 11.9. The fourth-order valence-electron chi connectivity index (χ4n) is 1.53. The minimum atomic E-state index is -4.31. The van der Waals surface area contributed by atoms with Crippen LogP contribution in [0.25, 0.3) is 0 Å². The fourth-order valence-corrected chi connectivity index (χ4v) is 1.53. The maximum absolute atomic E-state index is 12.4. The van der Waals surface area contributed by atoms with Gasteiger partial charge in [-0.05, 0) is 37.3 Å². The summed E-state index contributed by atoms with van der Waals surface area (Å²) in [5.41, 5.74) is 7.96. The van der Waals surface area contributed by atoms with Crippen molar-refractivity contribution in [2.45, 2.75) is 18.8 Å². The van der Waals surface area contributed by atoms with Gasteiger partial charge < -0.3 is 5.73 Å². The Labute approximate surface area is 96.7 Å². The average Bonchev–Trinajstić information content (AvgIpc) is 2.58. The SMILES string of the molecule is CC1(N)C=CN(c2ccc(C(F)(F)F)cc2)N1. The summed E-state index contributed by atoms with van der Waals surface area (Å²) in [6.07, 6.45) is -0.900. The van der Waals surface area contributed by atoms with Gasteiger partial charge in [-0.15, -0.1) is 0 Å². The van der Waals surface area contributed by atoms with Crippen molar-refractivity contribution in [3.05, 3.63) is 42.1 Å². The van der Waals surface area contributed by atoms with E-state index in [0.717, 1.165) is 12.1 Å². The highest BCUT2D eigenvalue weighted by Gasteiger charge is 2.30. The molecule has 1 aliphatic rings. The van der Waals surface area contributed by atoms with E-state index >= 15 is 0 Å². The Morgan fingerprint density at radius 1 is 1.24 bits per heavy atom. The number of rotatable bonds is 1. The Morgan fingerprint density at radius 2 is 1.82 bits per heavy atom. The maximum Gasteiger partial charge on any atom is 0.416 e. The molecule has 0 aliphatic carbocycles.